The lowest BCUT2D eigenvalue weighted by atomic mass is 10.3. The van der Waals surface area contributed by atoms with Gasteiger partial charge in [-0.2, -0.15) is 4.98 Å². The van der Waals surface area contributed by atoms with Crippen LogP contribution in [0.2, 0.25) is 0 Å². The molecule has 0 unspecified atom stereocenters. The standard InChI is InChI=1S/C13H15N5OS3/c1-2-11-15-10(18-19-11)8-21-13-17-16-12(22-13)14-6-5-9-4-3-7-20-9/h3-4,7H,2,5-6,8H2,1H3,(H,14,16). The van der Waals surface area contributed by atoms with Crippen molar-refractivity contribution in [2.24, 2.45) is 0 Å². The highest BCUT2D eigenvalue weighted by Crippen LogP contribution is 2.27. The van der Waals surface area contributed by atoms with Crippen molar-refractivity contribution in [2.45, 2.75) is 29.9 Å². The van der Waals surface area contributed by atoms with Crippen LogP contribution in [0, 0.1) is 0 Å². The molecule has 1 N–H and O–H groups in total. The van der Waals surface area contributed by atoms with Crippen molar-refractivity contribution in [3.63, 3.8) is 0 Å². The lowest BCUT2D eigenvalue weighted by Crippen LogP contribution is -2.03. The van der Waals surface area contributed by atoms with Gasteiger partial charge < -0.3 is 9.84 Å². The monoisotopic (exact) mass is 353 g/mol. The summed E-state index contributed by atoms with van der Waals surface area (Å²) in [5.74, 6) is 2.01. The number of nitrogens with one attached hydrogen (secondary N) is 1. The van der Waals surface area contributed by atoms with Gasteiger partial charge in [0.05, 0.1) is 5.75 Å². The van der Waals surface area contributed by atoms with Crippen LogP contribution >= 0.6 is 34.4 Å². The molecule has 0 bridgehead atoms. The fourth-order valence-corrected chi connectivity index (χ4v) is 4.04. The van der Waals surface area contributed by atoms with Crippen molar-refractivity contribution in [2.75, 3.05) is 11.9 Å². The molecule has 3 aromatic heterocycles. The van der Waals surface area contributed by atoms with Crippen LogP contribution in [0.4, 0.5) is 5.13 Å². The molecule has 0 aliphatic heterocycles. The van der Waals surface area contributed by atoms with Crippen LogP contribution in [0.1, 0.15) is 23.5 Å². The van der Waals surface area contributed by atoms with Crippen LogP contribution < -0.4 is 5.32 Å². The number of aromatic nitrogens is 4. The van der Waals surface area contributed by atoms with Gasteiger partial charge in [0.15, 0.2) is 10.2 Å². The van der Waals surface area contributed by atoms with Gasteiger partial charge in [0, 0.05) is 17.8 Å². The highest BCUT2D eigenvalue weighted by molar-refractivity contribution is 8.00. The summed E-state index contributed by atoms with van der Waals surface area (Å²) in [6.07, 6.45) is 1.76. The summed E-state index contributed by atoms with van der Waals surface area (Å²) in [5, 5.41) is 18.5. The second kappa shape index (κ2) is 7.70. The summed E-state index contributed by atoms with van der Waals surface area (Å²) in [4.78, 5) is 5.64. The Labute approximate surface area is 140 Å². The predicted octanol–water partition coefficient (Wildman–Crippen LogP) is 3.49. The van der Waals surface area contributed by atoms with Crippen LogP contribution in [-0.4, -0.2) is 26.9 Å². The average Bonchev–Trinajstić information content (AvgIpc) is 3.27. The fraction of sp³-hybridized carbons (Fsp3) is 0.385. The maximum atomic E-state index is 5.08. The lowest BCUT2D eigenvalue weighted by molar-refractivity contribution is 0.378. The lowest BCUT2D eigenvalue weighted by Gasteiger charge is -1.98. The van der Waals surface area contributed by atoms with Crippen molar-refractivity contribution < 1.29 is 4.52 Å². The van der Waals surface area contributed by atoms with E-state index >= 15 is 0 Å². The van der Waals surface area contributed by atoms with E-state index in [0.29, 0.717) is 17.5 Å². The molecule has 0 saturated heterocycles. The molecule has 0 spiro atoms. The van der Waals surface area contributed by atoms with Crippen LogP contribution in [-0.2, 0) is 18.6 Å². The number of hydrogen-bond acceptors (Lipinski definition) is 9. The summed E-state index contributed by atoms with van der Waals surface area (Å²) < 4.78 is 5.98. The highest BCUT2D eigenvalue weighted by Gasteiger charge is 2.08. The third kappa shape index (κ3) is 4.28. The molecule has 0 saturated carbocycles. The number of rotatable bonds is 8. The molecular weight excluding hydrogens is 338 g/mol. The van der Waals surface area contributed by atoms with E-state index < -0.39 is 0 Å². The van der Waals surface area contributed by atoms with E-state index in [9.17, 15) is 0 Å². The van der Waals surface area contributed by atoms with Crippen LogP contribution in [0.25, 0.3) is 0 Å². The van der Waals surface area contributed by atoms with Gasteiger partial charge in [-0.25, -0.2) is 0 Å². The first kappa shape index (κ1) is 15.4. The summed E-state index contributed by atoms with van der Waals surface area (Å²) in [7, 11) is 0. The third-order valence-electron chi connectivity index (χ3n) is 2.77. The maximum Gasteiger partial charge on any atom is 0.226 e. The smallest absolute Gasteiger partial charge is 0.226 e. The molecule has 0 atom stereocenters. The number of hydrogen-bond donors (Lipinski definition) is 1. The number of anilines is 1. The van der Waals surface area contributed by atoms with Crippen LogP contribution in [0.3, 0.4) is 0 Å². The number of thioether (sulfide) groups is 1. The number of aryl methyl sites for hydroxylation is 1. The molecule has 0 aliphatic rings. The molecule has 0 fully saturated rings. The van der Waals surface area contributed by atoms with Crippen molar-refractivity contribution >= 4 is 39.6 Å². The summed E-state index contributed by atoms with van der Waals surface area (Å²) in [6, 6.07) is 4.21. The summed E-state index contributed by atoms with van der Waals surface area (Å²) >= 11 is 4.89. The van der Waals surface area contributed by atoms with Gasteiger partial charge in [0.25, 0.3) is 0 Å². The molecule has 3 heterocycles. The minimum absolute atomic E-state index is 0.646. The van der Waals surface area contributed by atoms with E-state index in [1.54, 1.807) is 34.4 Å². The van der Waals surface area contributed by atoms with E-state index in [4.69, 9.17) is 4.52 Å². The molecule has 9 heteroatoms. The van der Waals surface area contributed by atoms with Gasteiger partial charge in [-0.1, -0.05) is 41.2 Å². The Hall–Kier alpha value is -1.45. The van der Waals surface area contributed by atoms with Crippen LogP contribution in [0.5, 0.6) is 0 Å². The Morgan fingerprint density at radius 2 is 2.32 bits per heavy atom. The second-order valence-electron chi connectivity index (χ2n) is 4.38. The van der Waals surface area contributed by atoms with Gasteiger partial charge >= 0.3 is 0 Å². The zero-order chi connectivity index (χ0) is 15.2. The highest BCUT2D eigenvalue weighted by atomic mass is 32.2. The van der Waals surface area contributed by atoms with Gasteiger partial charge in [-0.3, -0.25) is 0 Å². The SMILES string of the molecule is CCc1nc(CSc2nnc(NCCc3cccs3)s2)no1. The Morgan fingerprint density at radius 1 is 1.36 bits per heavy atom. The van der Waals surface area contributed by atoms with Crippen molar-refractivity contribution in [3.8, 4) is 0 Å². The molecular formula is C13H15N5OS3. The molecule has 0 amide bonds. The fourth-order valence-electron chi connectivity index (χ4n) is 1.71. The van der Waals surface area contributed by atoms with Crippen molar-refractivity contribution in [1.29, 1.82) is 0 Å². The topological polar surface area (TPSA) is 76.7 Å². The third-order valence-corrected chi connectivity index (χ3v) is 5.72. The average molecular weight is 353 g/mol. The van der Waals surface area contributed by atoms with Crippen molar-refractivity contribution in [3.05, 3.63) is 34.1 Å². The molecule has 0 aliphatic carbocycles. The zero-order valence-electron chi connectivity index (χ0n) is 12.0. The summed E-state index contributed by atoms with van der Waals surface area (Å²) in [6.45, 7) is 2.85. The van der Waals surface area contributed by atoms with Gasteiger partial charge in [0.2, 0.25) is 11.0 Å². The van der Waals surface area contributed by atoms with E-state index in [-0.39, 0.29) is 0 Å². The molecule has 6 nitrogen and oxygen atoms in total. The maximum absolute atomic E-state index is 5.08. The normalized spacial score (nSPS) is 11.0. The van der Waals surface area contributed by atoms with Gasteiger partial charge in [-0.05, 0) is 17.9 Å². The first-order chi connectivity index (χ1) is 10.8. The number of nitrogens with zero attached hydrogens (tertiary/aromatic N) is 4. The second-order valence-corrected chi connectivity index (χ2v) is 7.61. The predicted molar refractivity (Wildman–Crippen MR) is 89.7 cm³/mol. The van der Waals surface area contributed by atoms with E-state index in [0.717, 1.165) is 28.9 Å². The molecule has 0 aromatic carbocycles. The molecule has 22 heavy (non-hydrogen) atoms. The first-order valence-electron chi connectivity index (χ1n) is 6.87. The molecule has 116 valence electrons. The van der Waals surface area contributed by atoms with Crippen molar-refractivity contribution in [1.82, 2.24) is 20.3 Å². The molecule has 3 rings (SSSR count). The minimum atomic E-state index is 0.646. The molecule has 0 radical (unpaired) electrons. The van der Waals surface area contributed by atoms with Gasteiger partial charge in [0.1, 0.15) is 0 Å². The Bertz CT molecular complexity index is 694. The van der Waals surface area contributed by atoms with E-state index in [1.807, 2.05) is 6.92 Å². The first-order valence-corrected chi connectivity index (χ1v) is 9.55. The Kier molecular flexibility index (Phi) is 5.41. The summed E-state index contributed by atoms with van der Waals surface area (Å²) in [5.41, 5.74) is 0. The Balaban J connectivity index is 1.44. The quantitative estimate of drug-likeness (QED) is 0.621. The number of thiophene rings is 1. The van der Waals surface area contributed by atoms with E-state index in [2.05, 4.69) is 43.2 Å². The van der Waals surface area contributed by atoms with E-state index in [1.165, 1.54) is 4.88 Å². The van der Waals surface area contributed by atoms with Crippen LogP contribution in [0.15, 0.2) is 26.4 Å². The zero-order valence-corrected chi connectivity index (χ0v) is 14.4. The molecule has 3 aromatic rings. The Morgan fingerprint density at radius 3 is 3.09 bits per heavy atom. The largest absolute Gasteiger partial charge is 0.360 e. The van der Waals surface area contributed by atoms with Gasteiger partial charge in [-0.15, -0.1) is 21.5 Å². The minimum Gasteiger partial charge on any atom is -0.360 e.